The first-order valence-corrected chi connectivity index (χ1v) is 7.74. The van der Waals surface area contributed by atoms with Crippen LogP contribution in [0.4, 0.5) is 0 Å². The molecule has 0 bridgehead atoms. The van der Waals surface area contributed by atoms with Gasteiger partial charge in [0.1, 0.15) is 6.61 Å². The number of alkyl halides is 3. The highest BCUT2D eigenvalue weighted by atomic mass is 35.6. The second-order valence-corrected chi connectivity index (χ2v) is 7.17. The van der Waals surface area contributed by atoms with Gasteiger partial charge in [-0.1, -0.05) is 46.6 Å². The Kier molecular flexibility index (Phi) is 5.69. The van der Waals surface area contributed by atoms with Crippen LogP contribution in [0.2, 0.25) is 0 Å². The van der Waals surface area contributed by atoms with Crippen molar-refractivity contribution in [2.45, 2.75) is 8.95 Å². The molecule has 10 heteroatoms. The first-order chi connectivity index (χ1) is 9.94. The molecule has 0 radical (unpaired) electrons. The minimum absolute atomic E-state index is 0.0172. The third-order valence-electron chi connectivity index (χ3n) is 2.07. The standard InChI is InChI=1S/C11H9Cl3N4O2S/c12-11(13,14)7-20-9(19)6-21-10-15-4-2-8(17-10)18-5-1-3-16-18/h1-5H,6-7H2. The Hall–Kier alpha value is -1.02. The molecule has 21 heavy (non-hydrogen) atoms. The van der Waals surface area contributed by atoms with Gasteiger partial charge in [0.15, 0.2) is 11.0 Å². The number of hydrogen-bond donors (Lipinski definition) is 0. The number of rotatable bonds is 5. The number of carbonyl (C=O) groups is 1. The number of aromatic nitrogens is 4. The van der Waals surface area contributed by atoms with Crippen molar-refractivity contribution in [2.75, 3.05) is 12.4 Å². The zero-order valence-electron chi connectivity index (χ0n) is 10.4. The molecule has 0 spiro atoms. The first-order valence-electron chi connectivity index (χ1n) is 5.62. The summed E-state index contributed by atoms with van der Waals surface area (Å²) in [6.07, 6.45) is 4.98. The van der Waals surface area contributed by atoms with E-state index < -0.39 is 9.76 Å². The van der Waals surface area contributed by atoms with Gasteiger partial charge in [-0.2, -0.15) is 5.10 Å². The van der Waals surface area contributed by atoms with E-state index in [0.717, 1.165) is 11.8 Å². The molecular formula is C11H9Cl3N4O2S. The van der Waals surface area contributed by atoms with Crippen molar-refractivity contribution in [3.8, 4) is 5.82 Å². The Labute approximate surface area is 139 Å². The molecule has 0 saturated carbocycles. The number of ether oxygens (including phenoxy) is 1. The number of halogens is 3. The van der Waals surface area contributed by atoms with E-state index in [1.807, 2.05) is 0 Å². The number of nitrogens with zero attached hydrogens (tertiary/aromatic N) is 4. The maximum absolute atomic E-state index is 11.5. The predicted molar refractivity (Wildman–Crippen MR) is 81.1 cm³/mol. The van der Waals surface area contributed by atoms with Crippen molar-refractivity contribution in [2.24, 2.45) is 0 Å². The number of esters is 1. The van der Waals surface area contributed by atoms with Crippen LogP contribution in [0, 0.1) is 0 Å². The molecule has 0 fully saturated rings. The van der Waals surface area contributed by atoms with Crippen molar-refractivity contribution >= 4 is 52.5 Å². The quantitative estimate of drug-likeness (QED) is 0.350. The highest BCUT2D eigenvalue weighted by Crippen LogP contribution is 2.26. The highest BCUT2D eigenvalue weighted by molar-refractivity contribution is 7.99. The monoisotopic (exact) mass is 366 g/mol. The van der Waals surface area contributed by atoms with Crippen LogP contribution in [0.3, 0.4) is 0 Å². The molecule has 2 aromatic rings. The van der Waals surface area contributed by atoms with Gasteiger partial charge in [0.2, 0.25) is 3.79 Å². The fraction of sp³-hybridized carbons (Fsp3) is 0.273. The molecular weight excluding hydrogens is 359 g/mol. The van der Waals surface area contributed by atoms with E-state index in [2.05, 4.69) is 15.1 Å². The topological polar surface area (TPSA) is 69.9 Å². The molecule has 2 aromatic heterocycles. The Morgan fingerprint density at radius 3 is 2.86 bits per heavy atom. The van der Waals surface area contributed by atoms with Crippen molar-refractivity contribution in [1.29, 1.82) is 0 Å². The predicted octanol–water partition coefficient (Wildman–Crippen LogP) is 2.67. The van der Waals surface area contributed by atoms with Crippen LogP contribution < -0.4 is 0 Å². The minimum Gasteiger partial charge on any atom is -0.460 e. The second-order valence-electron chi connectivity index (χ2n) is 3.71. The lowest BCUT2D eigenvalue weighted by molar-refractivity contribution is -0.140. The zero-order chi connectivity index (χ0) is 15.3. The maximum atomic E-state index is 11.5. The molecule has 0 amide bonds. The summed E-state index contributed by atoms with van der Waals surface area (Å²) < 4.78 is 4.78. The third kappa shape index (κ3) is 5.70. The molecule has 2 rings (SSSR count). The van der Waals surface area contributed by atoms with Gasteiger partial charge in [0, 0.05) is 24.7 Å². The molecule has 0 atom stereocenters. The average molecular weight is 368 g/mol. The Bertz CT molecular complexity index is 604. The summed E-state index contributed by atoms with van der Waals surface area (Å²) in [6, 6.07) is 3.49. The van der Waals surface area contributed by atoms with Crippen molar-refractivity contribution < 1.29 is 9.53 Å². The Balaban J connectivity index is 1.89. The lowest BCUT2D eigenvalue weighted by atomic mass is 10.6. The summed E-state index contributed by atoms with van der Waals surface area (Å²) in [7, 11) is 0. The van der Waals surface area contributed by atoms with Crippen molar-refractivity contribution in [1.82, 2.24) is 19.7 Å². The van der Waals surface area contributed by atoms with Crippen LogP contribution in [0.5, 0.6) is 0 Å². The summed E-state index contributed by atoms with van der Waals surface area (Å²) in [5.74, 6) is 0.107. The van der Waals surface area contributed by atoms with Gasteiger partial charge in [-0.3, -0.25) is 4.79 Å². The van der Waals surface area contributed by atoms with Gasteiger partial charge in [-0.05, 0) is 6.07 Å². The molecule has 0 aliphatic carbocycles. The average Bonchev–Trinajstić information content (AvgIpc) is 2.96. The molecule has 112 valence electrons. The van der Waals surface area contributed by atoms with Gasteiger partial charge < -0.3 is 4.74 Å². The van der Waals surface area contributed by atoms with Crippen LogP contribution in [0.15, 0.2) is 35.9 Å². The summed E-state index contributed by atoms with van der Waals surface area (Å²) in [6.45, 7) is -0.300. The van der Waals surface area contributed by atoms with Crippen LogP contribution in [0.1, 0.15) is 0 Å². The van der Waals surface area contributed by atoms with E-state index in [1.165, 1.54) is 0 Å². The van der Waals surface area contributed by atoms with E-state index in [9.17, 15) is 4.79 Å². The van der Waals surface area contributed by atoms with Crippen molar-refractivity contribution in [3.63, 3.8) is 0 Å². The van der Waals surface area contributed by atoms with E-state index in [4.69, 9.17) is 39.5 Å². The smallest absolute Gasteiger partial charge is 0.316 e. The van der Waals surface area contributed by atoms with Gasteiger partial charge >= 0.3 is 5.97 Å². The van der Waals surface area contributed by atoms with Gasteiger partial charge in [-0.15, -0.1) is 0 Å². The van der Waals surface area contributed by atoms with E-state index in [0.29, 0.717) is 11.0 Å². The lowest BCUT2D eigenvalue weighted by Gasteiger charge is -2.10. The lowest BCUT2D eigenvalue weighted by Crippen LogP contribution is -2.18. The highest BCUT2D eigenvalue weighted by Gasteiger charge is 2.22. The number of hydrogen-bond acceptors (Lipinski definition) is 6. The first kappa shape index (κ1) is 16.4. The molecule has 2 heterocycles. The van der Waals surface area contributed by atoms with Gasteiger partial charge in [0.25, 0.3) is 0 Å². The molecule has 6 nitrogen and oxygen atoms in total. The minimum atomic E-state index is -1.61. The van der Waals surface area contributed by atoms with Crippen LogP contribution >= 0.6 is 46.6 Å². The van der Waals surface area contributed by atoms with Crippen LogP contribution in [-0.2, 0) is 9.53 Å². The SMILES string of the molecule is O=C(CSc1nccc(-n2cccn2)n1)OCC(Cl)(Cl)Cl. The number of thioether (sulfide) groups is 1. The van der Waals surface area contributed by atoms with Gasteiger partial charge in [-0.25, -0.2) is 14.6 Å². The third-order valence-corrected chi connectivity index (χ3v) is 3.24. The molecule has 0 saturated heterocycles. The molecule has 0 aliphatic heterocycles. The normalized spacial score (nSPS) is 11.4. The molecule has 0 aromatic carbocycles. The summed E-state index contributed by atoms with van der Waals surface area (Å²) in [4.78, 5) is 19.8. The van der Waals surface area contributed by atoms with Crippen molar-refractivity contribution in [3.05, 3.63) is 30.7 Å². The van der Waals surface area contributed by atoms with Crippen LogP contribution in [-0.4, -0.2) is 41.9 Å². The Morgan fingerprint density at radius 1 is 1.38 bits per heavy atom. The van der Waals surface area contributed by atoms with Gasteiger partial charge in [0.05, 0.1) is 5.75 Å². The molecule has 0 unspecified atom stereocenters. The number of carbonyl (C=O) groups excluding carboxylic acids is 1. The van der Waals surface area contributed by atoms with Crippen LogP contribution in [0.25, 0.3) is 5.82 Å². The Morgan fingerprint density at radius 2 is 2.19 bits per heavy atom. The molecule has 0 aliphatic rings. The zero-order valence-corrected chi connectivity index (χ0v) is 13.5. The fourth-order valence-electron chi connectivity index (χ4n) is 1.26. The van der Waals surface area contributed by atoms with E-state index in [-0.39, 0.29) is 12.4 Å². The summed E-state index contributed by atoms with van der Waals surface area (Å²) in [5.41, 5.74) is 0. The second kappa shape index (κ2) is 7.31. The van der Waals surface area contributed by atoms with E-state index >= 15 is 0 Å². The van der Waals surface area contributed by atoms with E-state index in [1.54, 1.807) is 35.4 Å². The largest absolute Gasteiger partial charge is 0.460 e. The fourth-order valence-corrected chi connectivity index (χ4v) is 2.05. The summed E-state index contributed by atoms with van der Waals surface area (Å²) >= 11 is 17.6. The maximum Gasteiger partial charge on any atom is 0.316 e. The molecule has 0 N–H and O–H groups in total. The summed E-state index contributed by atoms with van der Waals surface area (Å²) in [5, 5.41) is 4.49.